The van der Waals surface area contributed by atoms with Gasteiger partial charge >= 0.3 is 5.69 Å². The van der Waals surface area contributed by atoms with E-state index in [4.69, 9.17) is 5.73 Å². The van der Waals surface area contributed by atoms with Gasteiger partial charge < -0.3 is 10.6 Å². The van der Waals surface area contributed by atoms with Gasteiger partial charge in [-0.3, -0.25) is 19.1 Å². The van der Waals surface area contributed by atoms with Gasteiger partial charge in [-0.1, -0.05) is 41.0 Å². The molecule has 1 aliphatic carbocycles. The standard InChI is InChI=1S/C22H38N4O3/c1-6-8-14-25(17-18(23)26(13-7-2)21(29)24-19(17)27)20(28)15-9-11-16(12-10-15)22(3,4)5/h15-16H,6-14,23H2,1-5H3,(H,24,27,29). The van der Waals surface area contributed by atoms with Crippen molar-refractivity contribution in [3.8, 4) is 0 Å². The molecule has 0 radical (unpaired) electrons. The summed E-state index contributed by atoms with van der Waals surface area (Å²) >= 11 is 0. The highest BCUT2D eigenvalue weighted by Gasteiger charge is 2.35. The number of carbonyl (C=O) groups excluding carboxylic acids is 1. The lowest BCUT2D eigenvalue weighted by molar-refractivity contribution is -0.124. The van der Waals surface area contributed by atoms with Crippen molar-refractivity contribution in [3.63, 3.8) is 0 Å². The van der Waals surface area contributed by atoms with E-state index in [1.54, 1.807) is 4.90 Å². The Balaban J connectivity index is 2.35. The molecule has 1 aliphatic rings. The molecule has 0 atom stereocenters. The second-order valence-electron chi connectivity index (χ2n) is 9.40. The summed E-state index contributed by atoms with van der Waals surface area (Å²) in [5, 5.41) is 0. The topological polar surface area (TPSA) is 101 Å². The summed E-state index contributed by atoms with van der Waals surface area (Å²) in [5.41, 5.74) is 5.52. The van der Waals surface area contributed by atoms with Gasteiger partial charge in [-0.2, -0.15) is 0 Å². The van der Waals surface area contributed by atoms with Gasteiger partial charge in [0.15, 0.2) is 5.69 Å². The number of aromatic nitrogens is 2. The van der Waals surface area contributed by atoms with Crippen LogP contribution < -0.4 is 21.9 Å². The average molecular weight is 407 g/mol. The summed E-state index contributed by atoms with van der Waals surface area (Å²) in [6, 6.07) is 0. The Bertz CT molecular complexity index is 811. The summed E-state index contributed by atoms with van der Waals surface area (Å²) in [4.78, 5) is 42.2. The largest absolute Gasteiger partial charge is 0.383 e. The molecule has 7 heteroatoms. The fraction of sp³-hybridized carbons (Fsp3) is 0.773. The van der Waals surface area contributed by atoms with Crippen molar-refractivity contribution < 1.29 is 4.79 Å². The Morgan fingerprint density at radius 3 is 2.28 bits per heavy atom. The van der Waals surface area contributed by atoms with Crippen LogP contribution in [0.25, 0.3) is 0 Å². The molecule has 0 aromatic carbocycles. The third kappa shape index (κ3) is 5.31. The Morgan fingerprint density at radius 1 is 1.14 bits per heavy atom. The molecule has 1 heterocycles. The number of aromatic amines is 1. The average Bonchev–Trinajstić information content (AvgIpc) is 2.66. The predicted molar refractivity (Wildman–Crippen MR) is 118 cm³/mol. The van der Waals surface area contributed by atoms with Crippen molar-refractivity contribution >= 4 is 17.4 Å². The van der Waals surface area contributed by atoms with Gasteiger partial charge in [-0.15, -0.1) is 0 Å². The van der Waals surface area contributed by atoms with E-state index in [9.17, 15) is 14.4 Å². The zero-order valence-corrected chi connectivity index (χ0v) is 18.7. The number of amides is 1. The molecule has 1 aromatic rings. The molecule has 2 rings (SSSR count). The van der Waals surface area contributed by atoms with E-state index in [1.807, 2.05) is 13.8 Å². The first-order chi connectivity index (χ1) is 13.6. The molecule has 29 heavy (non-hydrogen) atoms. The summed E-state index contributed by atoms with van der Waals surface area (Å²) < 4.78 is 1.36. The van der Waals surface area contributed by atoms with Gasteiger partial charge in [-0.05, 0) is 49.9 Å². The lowest BCUT2D eigenvalue weighted by Crippen LogP contribution is -2.45. The van der Waals surface area contributed by atoms with Crippen molar-refractivity contribution in [1.82, 2.24) is 9.55 Å². The number of nitrogens with one attached hydrogen (secondary N) is 1. The van der Waals surface area contributed by atoms with Gasteiger partial charge in [0.1, 0.15) is 5.82 Å². The van der Waals surface area contributed by atoms with Crippen molar-refractivity contribution in [1.29, 1.82) is 0 Å². The van der Waals surface area contributed by atoms with Gasteiger partial charge in [0, 0.05) is 19.0 Å². The molecule has 1 fully saturated rings. The zero-order chi connectivity index (χ0) is 21.8. The van der Waals surface area contributed by atoms with Gasteiger partial charge in [0.25, 0.3) is 5.56 Å². The minimum atomic E-state index is -0.576. The highest BCUT2D eigenvalue weighted by atomic mass is 16.2. The third-order valence-electron chi connectivity index (χ3n) is 6.23. The fourth-order valence-corrected chi connectivity index (χ4v) is 4.36. The molecule has 3 N–H and O–H groups in total. The molecule has 0 saturated heterocycles. The number of nitrogen functional groups attached to an aromatic ring is 1. The van der Waals surface area contributed by atoms with E-state index in [0.717, 1.165) is 38.5 Å². The molecule has 0 unspecified atom stereocenters. The lowest BCUT2D eigenvalue weighted by Gasteiger charge is -2.38. The first-order valence-electron chi connectivity index (χ1n) is 11.1. The van der Waals surface area contributed by atoms with E-state index in [2.05, 4.69) is 25.8 Å². The highest BCUT2D eigenvalue weighted by Crippen LogP contribution is 2.40. The highest BCUT2D eigenvalue weighted by molar-refractivity contribution is 5.97. The number of unbranched alkanes of at least 4 members (excludes halogenated alkanes) is 1. The van der Waals surface area contributed by atoms with E-state index in [1.165, 1.54) is 4.57 Å². The Labute approximate surface area is 173 Å². The minimum Gasteiger partial charge on any atom is -0.383 e. The fourth-order valence-electron chi connectivity index (χ4n) is 4.36. The summed E-state index contributed by atoms with van der Waals surface area (Å²) in [6.45, 7) is 11.6. The van der Waals surface area contributed by atoms with Crippen LogP contribution in [-0.4, -0.2) is 22.0 Å². The van der Waals surface area contributed by atoms with Crippen LogP contribution in [0.5, 0.6) is 0 Å². The van der Waals surface area contributed by atoms with Crippen molar-refractivity contribution in [2.45, 2.75) is 86.1 Å². The molecular formula is C22H38N4O3. The zero-order valence-electron chi connectivity index (χ0n) is 18.7. The van der Waals surface area contributed by atoms with E-state index >= 15 is 0 Å². The maximum atomic E-state index is 13.4. The number of hydrogen-bond acceptors (Lipinski definition) is 4. The maximum absolute atomic E-state index is 13.4. The number of anilines is 2. The van der Waals surface area contributed by atoms with Crippen LogP contribution in [0, 0.1) is 17.3 Å². The normalized spacial score (nSPS) is 19.9. The van der Waals surface area contributed by atoms with Crippen LogP contribution in [0.15, 0.2) is 9.59 Å². The first kappa shape index (κ1) is 23.2. The predicted octanol–water partition coefficient (Wildman–Crippen LogP) is 3.51. The smallest absolute Gasteiger partial charge is 0.330 e. The molecule has 0 aliphatic heterocycles. The van der Waals surface area contributed by atoms with E-state index in [0.29, 0.717) is 25.4 Å². The van der Waals surface area contributed by atoms with Gasteiger partial charge in [0.05, 0.1) is 0 Å². The first-order valence-corrected chi connectivity index (χ1v) is 11.1. The molecule has 0 spiro atoms. The van der Waals surface area contributed by atoms with Crippen LogP contribution >= 0.6 is 0 Å². The molecule has 7 nitrogen and oxygen atoms in total. The number of H-pyrrole nitrogens is 1. The molecule has 1 aromatic heterocycles. The van der Waals surface area contributed by atoms with E-state index in [-0.39, 0.29) is 28.7 Å². The molecule has 1 saturated carbocycles. The summed E-state index contributed by atoms with van der Waals surface area (Å²) in [7, 11) is 0. The lowest BCUT2D eigenvalue weighted by atomic mass is 9.69. The molecule has 1 amide bonds. The van der Waals surface area contributed by atoms with Gasteiger partial charge in [-0.25, -0.2) is 4.79 Å². The van der Waals surface area contributed by atoms with Crippen molar-refractivity contribution in [2.75, 3.05) is 17.2 Å². The van der Waals surface area contributed by atoms with E-state index < -0.39 is 11.2 Å². The third-order valence-corrected chi connectivity index (χ3v) is 6.23. The number of carbonyl (C=O) groups is 1. The minimum absolute atomic E-state index is 0.0373. The van der Waals surface area contributed by atoms with Crippen molar-refractivity contribution in [2.24, 2.45) is 17.3 Å². The molecular weight excluding hydrogens is 368 g/mol. The maximum Gasteiger partial charge on any atom is 0.330 e. The number of nitrogens with two attached hydrogens (primary N) is 1. The Morgan fingerprint density at radius 2 is 1.76 bits per heavy atom. The number of hydrogen-bond donors (Lipinski definition) is 2. The van der Waals surface area contributed by atoms with Gasteiger partial charge in [0.2, 0.25) is 5.91 Å². The summed E-state index contributed by atoms with van der Waals surface area (Å²) in [5.74, 6) is 0.560. The molecule has 0 bridgehead atoms. The van der Waals surface area contributed by atoms with Crippen LogP contribution in [0.3, 0.4) is 0 Å². The number of nitrogens with zero attached hydrogens (tertiary/aromatic N) is 2. The summed E-state index contributed by atoms with van der Waals surface area (Å²) in [6.07, 6.45) is 6.06. The second kappa shape index (κ2) is 9.63. The van der Waals surface area contributed by atoms with Crippen LogP contribution in [-0.2, 0) is 11.3 Å². The van der Waals surface area contributed by atoms with Crippen LogP contribution in [0.2, 0.25) is 0 Å². The second-order valence-corrected chi connectivity index (χ2v) is 9.40. The molecule has 164 valence electrons. The van der Waals surface area contributed by atoms with Crippen LogP contribution in [0.1, 0.15) is 79.6 Å². The quantitative estimate of drug-likeness (QED) is 0.723. The monoisotopic (exact) mass is 406 g/mol. The number of rotatable bonds is 7. The SMILES string of the molecule is CCCCN(C(=O)C1CCC(C(C)(C)C)CC1)c1c(N)n(CCC)c(=O)[nH]c1=O. The van der Waals surface area contributed by atoms with Crippen LogP contribution in [0.4, 0.5) is 11.5 Å². The Hall–Kier alpha value is -2.05. The Kier molecular flexibility index (Phi) is 7.72. The van der Waals surface area contributed by atoms with Crippen molar-refractivity contribution in [3.05, 3.63) is 20.8 Å².